The summed E-state index contributed by atoms with van der Waals surface area (Å²) in [5.74, 6) is 0.195. The molecule has 1 fully saturated rings. The van der Waals surface area contributed by atoms with Gasteiger partial charge in [-0.05, 0) is 43.9 Å². The number of alkyl halides is 2. The summed E-state index contributed by atoms with van der Waals surface area (Å²) in [5.41, 5.74) is 0.935. The maximum absolute atomic E-state index is 12.2. The molecule has 0 saturated heterocycles. The first kappa shape index (κ1) is 15.2. The fraction of sp³-hybridized carbons (Fsp3) is 0.600. The fourth-order valence-electron chi connectivity index (χ4n) is 2.78. The maximum Gasteiger partial charge on any atom is 0.387 e. The summed E-state index contributed by atoms with van der Waals surface area (Å²) >= 11 is 0. The molecule has 5 heteroatoms. The van der Waals surface area contributed by atoms with Crippen molar-refractivity contribution in [3.05, 3.63) is 29.8 Å². The molecule has 0 aliphatic heterocycles. The molecule has 1 saturated carbocycles. The molecule has 20 heavy (non-hydrogen) atoms. The normalized spacial score (nSPS) is 24.1. The molecule has 0 spiro atoms. The number of rotatable bonds is 6. The Bertz CT molecular complexity index is 428. The molecule has 2 rings (SSSR count). The lowest BCUT2D eigenvalue weighted by Gasteiger charge is -2.24. The lowest BCUT2D eigenvalue weighted by atomic mass is 10.1. The van der Waals surface area contributed by atoms with E-state index >= 15 is 0 Å². The highest BCUT2D eigenvalue weighted by atomic mass is 19.3. The SMILES string of the molecule is COC1CCCC1NC(C)c1cccc(OC(F)F)c1. The molecular weight excluding hydrogens is 264 g/mol. The third-order valence-electron chi connectivity index (χ3n) is 3.80. The van der Waals surface area contributed by atoms with Crippen LogP contribution in [0.15, 0.2) is 24.3 Å². The summed E-state index contributed by atoms with van der Waals surface area (Å²) in [5, 5.41) is 3.51. The van der Waals surface area contributed by atoms with Gasteiger partial charge in [-0.1, -0.05) is 12.1 Å². The first-order valence-corrected chi connectivity index (χ1v) is 6.93. The topological polar surface area (TPSA) is 30.5 Å². The summed E-state index contributed by atoms with van der Waals surface area (Å²) in [6, 6.07) is 7.21. The number of benzene rings is 1. The predicted octanol–water partition coefficient (Wildman–Crippen LogP) is 3.51. The number of hydrogen-bond donors (Lipinski definition) is 1. The first-order valence-electron chi connectivity index (χ1n) is 6.93. The number of halogens is 2. The molecule has 0 aromatic heterocycles. The van der Waals surface area contributed by atoms with Crippen LogP contribution in [-0.4, -0.2) is 25.9 Å². The van der Waals surface area contributed by atoms with Crippen molar-refractivity contribution in [1.82, 2.24) is 5.32 Å². The Morgan fingerprint density at radius 3 is 2.80 bits per heavy atom. The molecule has 1 aliphatic carbocycles. The molecule has 3 atom stereocenters. The van der Waals surface area contributed by atoms with Crippen molar-refractivity contribution in [3.8, 4) is 5.75 Å². The Kier molecular flexibility index (Phi) is 5.31. The van der Waals surface area contributed by atoms with Gasteiger partial charge in [0, 0.05) is 19.2 Å². The predicted molar refractivity (Wildman–Crippen MR) is 73.1 cm³/mol. The van der Waals surface area contributed by atoms with E-state index in [0.717, 1.165) is 24.8 Å². The highest BCUT2D eigenvalue weighted by Crippen LogP contribution is 2.26. The van der Waals surface area contributed by atoms with Crippen molar-refractivity contribution in [3.63, 3.8) is 0 Å². The van der Waals surface area contributed by atoms with E-state index < -0.39 is 6.61 Å². The molecule has 1 N–H and O–H groups in total. The van der Waals surface area contributed by atoms with E-state index in [-0.39, 0.29) is 17.9 Å². The van der Waals surface area contributed by atoms with Gasteiger partial charge in [-0.3, -0.25) is 0 Å². The smallest absolute Gasteiger partial charge is 0.387 e. The van der Waals surface area contributed by atoms with E-state index in [9.17, 15) is 8.78 Å². The lowest BCUT2D eigenvalue weighted by Crippen LogP contribution is -2.38. The standard InChI is InChI=1S/C15H21F2NO2/c1-10(18-13-7-4-8-14(13)19-2)11-5-3-6-12(9-11)20-15(16)17/h3,5-6,9-10,13-15,18H,4,7-8H2,1-2H3. The van der Waals surface area contributed by atoms with Gasteiger partial charge in [0.1, 0.15) is 5.75 Å². The number of hydrogen-bond acceptors (Lipinski definition) is 3. The van der Waals surface area contributed by atoms with Crippen LogP contribution >= 0.6 is 0 Å². The van der Waals surface area contributed by atoms with Crippen molar-refractivity contribution in [2.24, 2.45) is 0 Å². The van der Waals surface area contributed by atoms with E-state index in [2.05, 4.69) is 10.1 Å². The summed E-state index contributed by atoms with van der Waals surface area (Å²) in [6.45, 7) is -0.770. The molecule has 0 heterocycles. The Hall–Kier alpha value is -1.20. The summed E-state index contributed by atoms with van der Waals surface area (Å²) in [7, 11) is 1.73. The number of nitrogens with one attached hydrogen (secondary N) is 1. The molecule has 112 valence electrons. The molecule has 0 amide bonds. The van der Waals surface area contributed by atoms with Gasteiger partial charge in [0.05, 0.1) is 6.10 Å². The summed E-state index contributed by atoms with van der Waals surface area (Å²) < 4.78 is 34.3. The zero-order chi connectivity index (χ0) is 14.5. The van der Waals surface area contributed by atoms with Crippen LogP contribution in [0.1, 0.15) is 37.8 Å². The van der Waals surface area contributed by atoms with Crippen LogP contribution in [0.25, 0.3) is 0 Å². The average Bonchev–Trinajstić information content (AvgIpc) is 2.85. The third kappa shape index (κ3) is 3.90. The monoisotopic (exact) mass is 285 g/mol. The number of ether oxygens (including phenoxy) is 2. The van der Waals surface area contributed by atoms with Gasteiger partial charge in [-0.15, -0.1) is 0 Å². The van der Waals surface area contributed by atoms with Gasteiger partial charge < -0.3 is 14.8 Å². The third-order valence-corrected chi connectivity index (χ3v) is 3.80. The Balaban J connectivity index is 1.99. The van der Waals surface area contributed by atoms with Crippen molar-refractivity contribution in [1.29, 1.82) is 0 Å². The van der Waals surface area contributed by atoms with Gasteiger partial charge in [0.15, 0.2) is 0 Å². The van der Waals surface area contributed by atoms with Crippen LogP contribution in [0, 0.1) is 0 Å². The van der Waals surface area contributed by atoms with Crippen LogP contribution in [0.2, 0.25) is 0 Å². The largest absolute Gasteiger partial charge is 0.435 e. The second kappa shape index (κ2) is 6.99. The molecule has 3 unspecified atom stereocenters. The van der Waals surface area contributed by atoms with Crippen molar-refractivity contribution >= 4 is 0 Å². The molecule has 1 aliphatic rings. The molecule has 0 bridgehead atoms. The maximum atomic E-state index is 12.2. The molecule has 3 nitrogen and oxygen atoms in total. The van der Waals surface area contributed by atoms with E-state index in [4.69, 9.17) is 4.74 Å². The fourth-order valence-corrected chi connectivity index (χ4v) is 2.78. The van der Waals surface area contributed by atoms with Gasteiger partial charge in [0.25, 0.3) is 0 Å². The summed E-state index contributed by atoms with van der Waals surface area (Å²) in [6.07, 6.45) is 3.53. The first-order chi connectivity index (χ1) is 9.60. The van der Waals surface area contributed by atoms with Crippen LogP contribution in [-0.2, 0) is 4.74 Å². The minimum absolute atomic E-state index is 0.0666. The average molecular weight is 285 g/mol. The zero-order valence-electron chi connectivity index (χ0n) is 11.8. The van der Waals surface area contributed by atoms with Gasteiger partial charge in [-0.2, -0.15) is 8.78 Å². The number of methoxy groups -OCH3 is 1. The van der Waals surface area contributed by atoms with Gasteiger partial charge >= 0.3 is 6.61 Å². The van der Waals surface area contributed by atoms with E-state index in [1.54, 1.807) is 19.2 Å². The lowest BCUT2D eigenvalue weighted by molar-refractivity contribution is -0.0499. The van der Waals surface area contributed by atoms with Crippen molar-refractivity contribution < 1.29 is 18.3 Å². The Morgan fingerprint density at radius 1 is 1.30 bits per heavy atom. The van der Waals surface area contributed by atoms with Crippen LogP contribution < -0.4 is 10.1 Å². The highest BCUT2D eigenvalue weighted by molar-refractivity contribution is 5.30. The minimum atomic E-state index is -2.79. The van der Waals surface area contributed by atoms with Crippen LogP contribution in [0.4, 0.5) is 8.78 Å². The van der Waals surface area contributed by atoms with Gasteiger partial charge in [-0.25, -0.2) is 0 Å². The Labute approximate surface area is 118 Å². The van der Waals surface area contributed by atoms with Crippen LogP contribution in [0.3, 0.4) is 0 Å². The second-order valence-corrected chi connectivity index (χ2v) is 5.15. The Morgan fingerprint density at radius 2 is 2.10 bits per heavy atom. The quantitative estimate of drug-likeness (QED) is 0.867. The van der Waals surface area contributed by atoms with Gasteiger partial charge in [0.2, 0.25) is 0 Å². The molecule has 1 aromatic carbocycles. The van der Waals surface area contributed by atoms with Crippen molar-refractivity contribution in [2.45, 2.75) is 51.0 Å². The molecule has 0 radical (unpaired) electrons. The highest BCUT2D eigenvalue weighted by Gasteiger charge is 2.28. The summed E-state index contributed by atoms with van der Waals surface area (Å²) in [4.78, 5) is 0. The van der Waals surface area contributed by atoms with E-state index in [1.807, 2.05) is 13.0 Å². The molecular formula is C15H21F2NO2. The second-order valence-electron chi connectivity index (χ2n) is 5.15. The van der Waals surface area contributed by atoms with Crippen molar-refractivity contribution in [2.75, 3.05) is 7.11 Å². The zero-order valence-corrected chi connectivity index (χ0v) is 11.8. The van der Waals surface area contributed by atoms with E-state index in [1.165, 1.54) is 6.07 Å². The molecule has 1 aromatic rings. The van der Waals surface area contributed by atoms with E-state index in [0.29, 0.717) is 6.04 Å². The minimum Gasteiger partial charge on any atom is -0.435 e. The van der Waals surface area contributed by atoms with Crippen LogP contribution in [0.5, 0.6) is 5.75 Å².